The number of amides is 1. The molecule has 4 heterocycles. The highest BCUT2D eigenvalue weighted by Crippen LogP contribution is 2.42. The highest BCUT2D eigenvalue weighted by Gasteiger charge is 2.48. The van der Waals surface area contributed by atoms with E-state index in [1.165, 1.54) is 31.2 Å². The smallest absolute Gasteiger partial charge is 0.256 e. The molecule has 2 aromatic rings. The number of carbonyl (C=O) groups is 1. The van der Waals surface area contributed by atoms with Gasteiger partial charge >= 0.3 is 0 Å². The van der Waals surface area contributed by atoms with Crippen molar-refractivity contribution < 1.29 is 13.6 Å². The molecule has 4 nitrogen and oxygen atoms in total. The second-order valence-corrected chi connectivity index (χ2v) is 9.02. The number of nitrogens with zero attached hydrogens (tertiary/aromatic N) is 3. The predicted molar refractivity (Wildman–Crippen MR) is 110 cm³/mol. The molecule has 6 heteroatoms. The fourth-order valence-electron chi connectivity index (χ4n) is 5.98. The van der Waals surface area contributed by atoms with Crippen LogP contribution >= 0.6 is 0 Å². The van der Waals surface area contributed by atoms with Crippen LogP contribution in [0.3, 0.4) is 0 Å². The summed E-state index contributed by atoms with van der Waals surface area (Å²) in [4.78, 5) is 21.4. The SMILES string of the molecule is O=C(c1ccncc1F)N1C[C@H]2C[C@@H](C1)[C@H](Cc1cccc(F)c1)N1CCCC[C@@H]21. The van der Waals surface area contributed by atoms with E-state index in [-0.39, 0.29) is 23.3 Å². The summed E-state index contributed by atoms with van der Waals surface area (Å²) in [7, 11) is 0. The highest BCUT2D eigenvalue weighted by molar-refractivity contribution is 5.94. The zero-order chi connectivity index (χ0) is 20.7. The third-order valence-corrected chi connectivity index (χ3v) is 7.25. The van der Waals surface area contributed by atoms with E-state index in [4.69, 9.17) is 0 Å². The van der Waals surface area contributed by atoms with Gasteiger partial charge in [0.15, 0.2) is 5.82 Å². The van der Waals surface area contributed by atoms with Crippen molar-refractivity contribution in [2.75, 3.05) is 19.6 Å². The van der Waals surface area contributed by atoms with Gasteiger partial charge in [0, 0.05) is 31.4 Å². The Morgan fingerprint density at radius 2 is 2.00 bits per heavy atom. The number of hydrogen-bond acceptors (Lipinski definition) is 3. The van der Waals surface area contributed by atoms with Crippen molar-refractivity contribution in [2.45, 2.75) is 44.2 Å². The molecule has 0 radical (unpaired) electrons. The van der Waals surface area contributed by atoms with Crippen LogP contribution in [-0.2, 0) is 6.42 Å². The van der Waals surface area contributed by atoms with Crippen LogP contribution in [0.15, 0.2) is 42.7 Å². The van der Waals surface area contributed by atoms with E-state index in [0.29, 0.717) is 31.0 Å². The van der Waals surface area contributed by atoms with E-state index in [1.54, 1.807) is 12.1 Å². The number of fused-ring (bicyclic) bond motifs is 4. The number of likely N-dealkylation sites (tertiary alicyclic amines) is 1. The lowest BCUT2D eigenvalue weighted by Crippen LogP contribution is -2.64. The lowest BCUT2D eigenvalue weighted by Gasteiger charge is -2.57. The van der Waals surface area contributed by atoms with Crippen LogP contribution in [0.25, 0.3) is 0 Å². The molecular formula is C24H27F2N3O. The molecule has 3 aliphatic heterocycles. The van der Waals surface area contributed by atoms with E-state index in [1.807, 2.05) is 11.0 Å². The van der Waals surface area contributed by atoms with Gasteiger partial charge in [-0.15, -0.1) is 0 Å². The van der Waals surface area contributed by atoms with E-state index in [0.717, 1.165) is 37.6 Å². The van der Waals surface area contributed by atoms with Crippen LogP contribution in [0.1, 0.15) is 41.6 Å². The maximum Gasteiger partial charge on any atom is 0.256 e. The van der Waals surface area contributed by atoms with Crippen molar-refractivity contribution in [1.82, 2.24) is 14.8 Å². The van der Waals surface area contributed by atoms with Crippen molar-refractivity contribution >= 4 is 5.91 Å². The van der Waals surface area contributed by atoms with Gasteiger partial charge in [-0.25, -0.2) is 8.78 Å². The number of pyridine rings is 1. The Morgan fingerprint density at radius 3 is 2.83 bits per heavy atom. The molecule has 1 amide bonds. The molecule has 0 saturated carbocycles. The van der Waals surface area contributed by atoms with Gasteiger partial charge in [0.05, 0.1) is 11.8 Å². The zero-order valence-electron chi connectivity index (χ0n) is 17.0. The molecular weight excluding hydrogens is 384 g/mol. The van der Waals surface area contributed by atoms with E-state index >= 15 is 0 Å². The maximum atomic E-state index is 14.2. The van der Waals surface area contributed by atoms with Crippen LogP contribution in [0, 0.1) is 23.5 Å². The minimum atomic E-state index is -0.561. The van der Waals surface area contributed by atoms with Crippen molar-refractivity contribution in [3.05, 3.63) is 65.5 Å². The number of aromatic nitrogens is 1. The first-order valence-corrected chi connectivity index (χ1v) is 11.0. The van der Waals surface area contributed by atoms with Crippen LogP contribution < -0.4 is 0 Å². The number of piperidine rings is 3. The molecule has 2 bridgehead atoms. The third-order valence-electron chi connectivity index (χ3n) is 7.25. The Labute approximate surface area is 175 Å². The average Bonchev–Trinajstić information content (AvgIpc) is 2.76. The molecule has 30 heavy (non-hydrogen) atoms. The first-order valence-electron chi connectivity index (χ1n) is 11.0. The number of carbonyl (C=O) groups excluding carboxylic acids is 1. The Hall–Kier alpha value is -2.34. The molecule has 0 aliphatic carbocycles. The molecule has 0 unspecified atom stereocenters. The van der Waals surface area contributed by atoms with Gasteiger partial charge in [0.25, 0.3) is 5.91 Å². The van der Waals surface area contributed by atoms with Crippen molar-refractivity contribution in [3.63, 3.8) is 0 Å². The van der Waals surface area contributed by atoms with Gasteiger partial charge in [0.1, 0.15) is 5.82 Å². The van der Waals surface area contributed by atoms with Gasteiger partial charge in [-0.1, -0.05) is 18.6 Å². The molecule has 3 fully saturated rings. The Balaban J connectivity index is 1.42. The maximum absolute atomic E-state index is 14.2. The summed E-state index contributed by atoms with van der Waals surface area (Å²) in [5.74, 6) is -0.269. The Kier molecular flexibility index (Phi) is 5.27. The largest absolute Gasteiger partial charge is 0.338 e. The molecule has 1 aromatic heterocycles. The summed E-state index contributed by atoms with van der Waals surface area (Å²) >= 11 is 0. The first kappa shape index (κ1) is 19.6. The summed E-state index contributed by atoms with van der Waals surface area (Å²) in [5.41, 5.74) is 1.11. The summed E-state index contributed by atoms with van der Waals surface area (Å²) in [6, 6.07) is 9.08. The lowest BCUT2D eigenvalue weighted by molar-refractivity contribution is -0.0643. The van der Waals surface area contributed by atoms with Gasteiger partial charge in [0.2, 0.25) is 0 Å². The zero-order valence-corrected chi connectivity index (χ0v) is 17.0. The Bertz CT molecular complexity index is 936. The van der Waals surface area contributed by atoms with Crippen LogP contribution in [0.2, 0.25) is 0 Å². The van der Waals surface area contributed by atoms with Gasteiger partial charge in [-0.2, -0.15) is 0 Å². The summed E-state index contributed by atoms with van der Waals surface area (Å²) < 4.78 is 28.0. The molecule has 3 aliphatic rings. The van der Waals surface area contributed by atoms with Gasteiger partial charge < -0.3 is 4.90 Å². The molecule has 1 aromatic carbocycles. The summed E-state index contributed by atoms with van der Waals surface area (Å²) in [5, 5.41) is 0. The van der Waals surface area contributed by atoms with Gasteiger partial charge in [-0.3, -0.25) is 14.7 Å². The molecule has 3 saturated heterocycles. The molecule has 4 atom stereocenters. The summed E-state index contributed by atoms with van der Waals surface area (Å²) in [6.07, 6.45) is 8.00. The first-order chi connectivity index (χ1) is 14.6. The van der Waals surface area contributed by atoms with Crippen LogP contribution in [0.4, 0.5) is 8.78 Å². The molecule has 0 spiro atoms. The van der Waals surface area contributed by atoms with Crippen molar-refractivity contribution in [3.8, 4) is 0 Å². The fraction of sp³-hybridized carbons (Fsp3) is 0.500. The second-order valence-electron chi connectivity index (χ2n) is 9.02. The predicted octanol–water partition coefficient (Wildman–Crippen LogP) is 3.92. The number of benzene rings is 1. The minimum Gasteiger partial charge on any atom is -0.338 e. The quantitative estimate of drug-likeness (QED) is 0.768. The van der Waals surface area contributed by atoms with Crippen molar-refractivity contribution in [2.24, 2.45) is 11.8 Å². The van der Waals surface area contributed by atoms with E-state index in [2.05, 4.69) is 9.88 Å². The normalized spacial score (nSPS) is 28.8. The average molecular weight is 411 g/mol. The van der Waals surface area contributed by atoms with Crippen LogP contribution in [-0.4, -0.2) is 52.4 Å². The number of rotatable bonds is 3. The molecule has 0 N–H and O–H groups in total. The third kappa shape index (κ3) is 3.62. The minimum absolute atomic E-state index is 0.104. The fourth-order valence-corrected chi connectivity index (χ4v) is 5.98. The number of halogens is 2. The van der Waals surface area contributed by atoms with Crippen molar-refractivity contribution in [1.29, 1.82) is 0 Å². The Morgan fingerprint density at radius 1 is 1.13 bits per heavy atom. The van der Waals surface area contributed by atoms with Gasteiger partial charge in [-0.05, 0) is 67.8 Å². The standard InChI is InChI=1S/C24H27F2N3O/c25-19-5-3-4-16(10-19)11-23-18-12-17(22-6-1-2-9-29(22)23)14-28(15-18)24(30)20-7-8-27-13-21(20)26/h3-5,7-8,10,13,17-18,22-23H,1-2,6,9,11-12,14-15H2/t17-,18+,22+,23+/m1/s1. The molecule has 5 rings (SSSR count). The van der Waals surface area contributed by atoms with E-state index < -0.39 is 5.82 Å². The number of hydrogen-bond donors (Lipinski definition) is 0. The topological polar surface area (TPSA) is 36.4 Å². The lowest BCUT2D eigenvalue weighted by atomic mass is 9.71. The van der Waals surface area contributed by atoms with Crippen LogP contribution in [0.5, 0.6) is 0 Å². The summed E-state index contributed by atoms with van der Waals surface area (Å²) in [6.45, 7) is 2.38. The highest BCUT2D eigenvalue weighted by atomic mass is 19.1. The molecule has 158 valence electrons. The monoisotopic (exact) mass is 411 g/mol. The van der Waals surface area contributed by atoms with E-state index in [9.17, 15) is 13.6 Å². The second kappa shape index (κ2) is 8.06.